The van der Waals surface area contributed by atoms with E-state index in [1.807, 2.05) is 32.1 Å². The van der Waals surface area contributed by atoms with Gasteiger partial charge in [0.05, 0.1) is 4.90 Å². The Kier molecular flexibility index (Phi) is 9.79. The fourth-order valence-corrected chi connectivity index (χ4v) is 3.45. The molecule has 0 spiro atoms. The molecule has 0 saturated heterocycles. The first-order valence-corrected chi connectivity index (χ1v) is 10.9. The minimum absolute atomic E-state index is 0.0260. The largest absolute Gasteiger partial charge is 0.269 e. The van der Waals surface area contributed by atoms with Gasteiger partial charge in [0.1, 0.15) is 0 Å². The molecule has 0 saturated carbocycles. The van der Waals surface area contributed by atoms with Crippen LogP contribution in [0.1, 0.15) is 52.0 Å². The van der Waals surface area contributed by atoms with Crippen molar-refractivity contribution >= 4 is 15.9 Å². The fourth-order valence-electron chi connectivity index (χ4n) is 2.43. The molecule has 0 bridgehead atoms. The molecule has 0 aliphatic heterocycles. The lowest BCUT2D eigenvalue weighted by molar-refractivity contribution is -0.115. The average Bonchev–Trinajstić information content (AvgIpc) is 2.60. The van der Waals surface area contributed by atoms with Gasteiger partial charge in [0.15, 0.2) is 0 Å². The fraction of sp³-hybridized carbons (Fsp3) is 0.409. The summed E-state index contributed by atoms with van der Waals surface area (Å²) in [6, 6.07) is 6.37. The number of unbranched alkanes of at least 4 members (excludes halogenated alkanes) is 3. The standard InChI is InChI=1S/C22H31NO3S/c1-5-6-7-8-9-10-11-12-19(3)17-20(4)22(24)23-27(25,26)21-15-13-18(2)14-16-21/h9-17,19H,5-8H2,1-4H3,(H,23,24)/b10-9+,12-11+,20-17-. The van der Waals surface area contributed by atoms with Gasteiger partial charge in [-0.15, -0.1) is 0 Å². The maximum atomic E-state index is 12.3. The third-order valence-electron chi connectivity index (χ3n) is 4.07. The van der Waals surface area contributed by atoms with E-state index in [9.17, 15) is 13.2 Å². The number of aryl methyl sites for hydroxylation is 1. The Morgan fingerprint density at radius 1 is 1.15 bits per heavy atom. The second-order valence-electron chi connectivity index (χ2n) is 6.77. The van der Waals surface area contributed by atoms with E-state index in [-0.39, 0.29) is 10.8 Å². The summed E-state index contributed by atoms with van der Waals surface area (Å²) in [4.78, 5) is 12.3. The van der Waals surface area contributed by atoms with Crippen LogP contribution < -0.4 is 4.72 Å². The highest BCUT2D eigenvalue weighted by Gasteiger charge is 2.18. The Bertz CT molecular complexity index is 787. The molecule has 1 aromatic carbocycles. The van der Waals surface area contributed by atoms with Gasteiger partial charge in [-0.2, -0.15) is 0 Å². The second-order valence-corrected chi connectivity index (χ2v) is 8.45. The average molecular weight is 390 g/mol. The summed E-state index contributed by atoms with van der Waals surface area (Å²) >= 11 is 0. The molecule has 1 amide bonds. The molecule has 0 aliphatic carbocycles. The van der Waals surface area contributed by atoms with E-state index < -0.39 is 15.9 Å². The monoisotopic (exact) mass is 389 g/mol. The smallest absolute Gasteiger partial charge is 0.264 e. The van der Waals surface area contributed by atoms with Crippen LogP contribution in [-0.2, 0) is 14.8 Å². The number of hydrogen-bond donors (Lipinski definition) is 1. The van der Waals surface area contributed by atoms with Crippen molar-refractivity contribution in [2.24, 2.45) is 5.92 Å². The molecule has 0 fully saturated rings. The van der Waals surface area contributed by atoms with E-state index in [2.05, 4.69) is 17.7 Å². The highest BCUT2D eigenvalue weighted by molar-refractivity contribution is 7.90. The van der Waals surface area contributed by atoms with Crippen molar-refractivity contribution < 1.29 is 13.2 Å². The van der Waals surface area contributed by atoms with Crippen LogP contribution in [0.15, 0.2) is 65.1 Å². The Hall–Kier alpha value is -2.14. The second kappa shape index (κ2) is 11.5. The zero-order valence-electron chi connectivity index (χ0n) is 16.7. The zero-order chi connectivity index (χ0) is 20.3. The van der Waals surface area contributed by atoms with Crippen LogP contribution in [0.3, 0.4) is 0 Å². The molecule has 27 heavy (non-hydrogen) atoms. The van der Waals surface area contributed by atoms with Gasteiger partial charge in [-0.1, -0.05) is 74.8 Å². The van der Waals surface area contributed by atoms with Crippen LogP contribution in [0.2, 0.25) is 0 Å². The topological polar surface area (TPSA) is 63.2 Å². The molecule has 0 aromatic heterocycles. The van der Waals surface area contributed by atoms with Crippen LogP contribution in [0.4, 0.5) is 0 Å². The van der Waals surface area contributed by atoms with E-state index in [1.54, 1.807) is 25.1 Å². The SMILES string of the molecule is CCCCC/C=C/C=C/C(C)/C=C(/C)C(=O)NS(=O)(=O)c1ccc(C)cc1. The Morgan fingerprint density at radius 2 is 1.81 bits per heavy atom. The number of hydrogen-bond acceptors (Lipinski definition) is 3. The van der Waals surface area contributed by atoms with Crippen molar-refractivity contribution in [3.8, 4) is 0 Å². The van der Waals surface area contributed by atoms with Crippen LogP contribution in [0.5, 0.6) is 0 Å². The minimum Gasteiger partial charge on any atom is -0.269 e. The molecule has 5 heteroatoms. The normalized spacial score (nSPS) is 14.0. The van der Waals surface area contributed by atoms with Crippen molar-refractivity contribution in [1.29, 1.82) is 0 Å². The number of carbonyl (C=O) groups excluding carboxylic acids is 1. The lowest BCUT2D eigenvalue weighted by Gasteiger charge is -2.08. The van der Waals surface area contributed by atoms with Gasteiger partial charge in [-0.3, -0.25) is 4.79 Å². The first-order chi connectivity index (χ1) is 12.8. The predicted molar refractivity (Wildman–Crippen MR) is 112 cm³/mol. The summed E-state index contributed by atoms with van der Waals surface area (Å²) in [6.07, 6.45) is 14.6. The van der Waals surface area contributed by atoms with E-state index in [0.717, 1.165) is 12.0 Å². The zero-order valence-corrected chi connectivity index (χ0v) is 17.6. The van der Waals surface area contributed by atoms with Crippen molar-refractivity contribution in [3.63, 3.8) is 0 Å². The van der Waals surface area contributed by atoms with Gasteiger partial charge in [0, 0.05) is 5.57 Å². The van der Waals surface area contributed by atoms with Crippen LogP contribution in [-0.4, -0.2) is 14.3 Å². The molecule has 1 unspecified atom stereocenters. The summed E-state index contributed by atoms with van der Waals surface area (Å²) < 4.78 is 26.7. The molecule has 1 atom stereocenters. The third kappa shape index (κ3) is 8.87. The summed E-state index contributed by atoms with van der Waals surface area (Å²) in [5.74, 6) is -0.580. The third-order valence-corrected chi connectivity index (χ3v) is 5.41. The van der Waals surface area contributed by atoms with E-state index in [1.165, 1.54) is 31.4 Å². The summed E-state index contributed by atoms with van der Waals surface area (Å²) in [5, 5.41) is 0. The van der Waals surface area contributed by atoms with Gasteiger partial charge in [0.2, 0.25) is 0 Å². The quantitative estimate of drug-likeness (QED) is 0.345. The maximum absolute atomic E-state index is 12.3. The van der Waals surface area contributed by atoms with E-state index in [0.29, 0.717) is 5.57 Å². The molecule has 148 valence electrons. The minimum atomic E-state index is -3.86. The number of allylic oxidation sites excluding steroid dienone is 5. The van der Waals surface area contributed by atoms with Crippen molar-refractivity contribution in [2.45, 2.75) is 58.3 Å². The van der Waals surface area contributed by atoms with Gasteiger partial charge in [0.25, 0.3) is 15.9 Å². The van der Waals surface area contributed by atoms with Gasteiger partial charge in [-0.05, 0) is 44.7 Å². The highest BCUT2D eigenvalue weighted by atomic mass is 32.2. The van der Waals surface area contributed by atoms with Crippen molar-refractivity contribution in [2.75, 3.05) is 0 Å². The Morgan fingerprint density at radius 3 is 2.44 bits per heavy atom. The number of carbonyl (C=O) groups is 1. The highest BCUT2D eigenvalue weighted by Crippen LogP contribution is 2.11. The maximum Gasteiger partial charge on any atom is 0.264 e. The number of sulfonamides is 1. The summed E-state index contributed by atoms with van der Waals surface area (Å²) in [5.41, 5.74) is 1.33. The molecule has 0 radical (unpaired) electrons. The molecule has 1 rings (SSSR count). The molecule has 0 aliphatic rings. The Balaban J connectivity index is 2.62. The van der Waals surface area contributed by atoms with E-state index >= 15 is 0 Å². The summed E-state index contributed by atoms with van der Waals surface area (Å²) in [7, 11) is -3.86. The van der Waals surface area contributed by atoms with E-state index in [4.69, 9.17) is 0 Å². The van der Waals surface area contributed by atoms with Crippen LogP contribution in [0, 0.1) is 12.8 Å². The lowest BCUT2D eigenvalue weighted by Crippen LogP contribution is -2.31. The van der Waals surface area contributed by atoms with Crippen LogP contribution >= 0.6 is 0 Å². The molecular formula is C22H31NO3S. The van der Waals surface area contributed by atoms with Crippen LogP contribution in [0.25, 0.3) is 0 Å². The van der Waals surface area contributed by atoms with Gasteiger partial charge in [-0.25, -0.2) is 13.1 Å². The first kappa shape index (κ1) is 22.9. The van der Waals surface area contributed by atoms with Gasteiger partial charge >= 0.3 is 0 Å². The first-order valence-electron chi connectivity index (χ1n) is 9.42. The summed E-state index contributed by atoms with van der Waals surface area (Å²) in [6.45, 7) is 7.62. The molecule has 4 nitrogen and oxygen atoms in total. The number of amides is 1. The molecule has 0 heterocycles. The molecule has 1 aromatic rings. The lowest BCUT2D eigenvalue weighted by atomic mass is 10.1. The number of rotatable bonds is 10. The van der Waals surface area contributed by atoms with Crippen molar-refractivity contribution in [3.05, 3.63) is 65.8 Å². The number of nitrogens with one attached hydrogen (secondary N) is 1. The predicted octanol–water partition coefficient (Wildman–Crippen LogP) is 5.08. The van der Waals surface area contributed by atoms with Gasteiger partial charge < -0.3 is 0 Å². The molecule has 1 N–H and O–H groups in total. The molecular weight excluding hydrogens is 358 g/mol. The Labute approximate surface area is 164 Å². The number of benzene rings is 1. The van der Waals surface area contributed by atoms with Crippen molar-refractivity contribution in [1.82, 2.24) is 4.72 Å².